The van der Waals surface area contributed by atoms with Gasteiger partial charge in [-0.25, -0.2) is 0 Å². The maximum atomic E-state index is 6.25. The number of aryl methyl sites for hydroxylation is 1. The number of methoxy groups -OCH3 is 1. The Bertz CT molecular complexity index is 372. The smallest absolute Gasteiger partial charge is 0.121 e. The molecule has 0 saturated carbocycles. The van der Waals surface area contributed by atoms with Gasteiger partial charge in [0, 0.05) is 12.6 Å². The quantitative estimate of drug-likeness (QED) is 0.867. The third-order valence-electron chi connectivity index (χ3n) is 3.50. The first-order chi connectivity index (χ1) is 8.20. The van der Waals surface area contributed by atoms with Crippen LogP contribution in [0.4, 0.5) is 0 Å². The summed E-state index contributed by atoms with van der Waals surface area (Å²) in [6.07, 6.45) is 2.63. The van der Waals surface area contributed by atoms with Crippen LogP contribution in [0.5, 0.6) is 5.75 Å². The molecule has 1 aromatic rings. The Kier molecular flexibility index (Phi) is 4.02. The molecule has 0 radical (unpaired) electrons. The molecule has 94 valence electrons. The van der Waals surface area contributed by atoms with Gasteiger partial charge < -0.3 is 15.4 Å². The largest absolute Gasteiger partial charge is 0.496 e. The molecule has 1 heterocycles. The van der Waals surface area contributed by atoms with Gasteiger partial charge in [0.05, 0.1) is 7.11 Å². The van der Waals surface area contributed by atoms with Crippen LogP contribution in [-0.4, -0.2) is 31.6 Å². The first kappa shape index (κ1) is 12.4. The van der Waals surface area contributed by atoms with Crippen LogP contribution in [0.15, 0.2) is 18.2 Å². The highest BCUT2D eigenvalue weighted by Crippen LogP contribution is 2.22. The van der Waals surface area contributed by atoms with E-state index >= 15 is 0 Å². The summed E-state index contributed by atoms with van der Waals surface area (Å²) in [5, 5.41) is 0. The van der Waals surface area contributed by atoms with Gasteiger partial charge in [-0.2, -0.15) is 0 Å². The fourth-order valence-electron chi connectivity index (χ4n) is 2.48. The van der Waals surface area contributed by atoms with Crippen molar-refractivity contribution >= 4 is 0 Å². The molecule has 1 unspecified atom stereocenters. The lowest BCUT2D eigenvalue weighted by Crippen LogP contribution is -2.29. The summed E-state index contributed by atoms with van der Waals surface area (Å²) in [6.45, 7) is 5.42. The summed E-state index contributed by atoms with van der Waals surface area (Å²) in [5.74, 6) is 0.933. The summed E-state index contributed by atoms with van der Waals surface area (Å²) in [7, 11) is 1.70. The Balaban J connectivity index is 2.02. The summed E-state index contributed by atoms with van der Waals surface area (Å²) >= 11 is 0. The van der Waals surface area contributed by atoms with Crippen LogP contribution in [0.3, 0.4) is 0 Å². The van der Waals surface area contributed by atoms with Crippen LogP contribution < -0.4 is 10.5 Å². The standard InChI is InChI=1S/C14H22N2O/c1-11-9-12(5-6-14(11)17-2)13(15)10-16-7-3-4-8-16/h5-6,9,13H,3-4,7-8,10,15H2,1-2H3. The molecular formula is C14H22N2O. The van der Waals surface area contributed by atoms with Crippen LogP contribution in [0.1, 0.15) is 30.0 Å². The van der Waals surface area contributed by atoms with Gasteiger partial charge in [-0.3, -0.25) is 0 Å². The van der Waals surface area contributed by atoms with Gasteiger partial charge in [0.15, 0.2) is 0 Å². The van der Waals surface area contributed by atoms with E-state index in [0.717, 1.165) is 17.9 Å². The minimum atomic E-state index is 0.109. The highest BCUT2D eigenvalue weighted by atomic mass is 16.5. The second-order valence-corrected chi connectivity index (χ2v) is 4.84. The number of ether oxygens (including phenoxy) is 1. The van der Waals surface area contributed by atoms with Crippen molar-refractivity contribution in [3.8, 4) is 5.75 Å². The Morgan fingerprint density at radius 3 is 2.65 bits per heavy atom. The first-order valence-electron chi connectivity index (χ1n) is 6.33. The third kappa shape index (κ3) is 2.99. The number of rotatable bonds is 4. The maximum Gasteiger partial charge on any atom is 0.121 e. The molecule has 3 nitrogen and oxygen atoms in total. The SMILES string of the molecule is COc1ccc(C(N)CN2CCCC2)cc1C. The van der Waals surface area contributed by atoms with Crippen LogP contribution >= 0.6 is 0 Å². The van der Waals surface area contributed by atoms with Crippen molar-refractivity contribution in [1.82, 2.24) is 4.90 Å². The predicted molar refractivity (Wildman–Crippen MR) is 70.3 cm³/mol. The molecule has 1 aliphatic rings. The van der Waals surface area contributed by atoms with E-state index in [9.17, 15) is 0 Å². The molecule has 17 heavy (non-hydrogen) atoms. The van der Waals surface area contributed by atoms with Gasteiger partial charge in [-0.05, 0) is 50.0 Å². The zero-order valence-corrected chi connectivity index (χ0v) is 10.8. The minimum absolute atomic E-state index is 0.109. The summed E-state index contributed by atoms with van der Waals surface area (Å²) in [6, 6.07) is 6.33. The van der Waals surface area contributed by atoms with Crippen LogP contribution in [0.2, 0.25) is 0 Å². The molecule has 0 amide bonds. The van der Waals surface area contributed by atoms with E-state index < -0.39 is 0 Å². The number of benzene rings is 1. The summed E-state index contributed by atoms with van der Waals surface area (Å²) in [4.78, 5) is 2.45. The number of likely N-dealkylation sites (tertiary alicyclic amines) is 1. The Hall–Kier alpha value is -1.06. The maximum absolute atomic E-state index is 6.25. The average molecular weight is 234 g/mol. The van der Waals surface area contributed by atoms with Crippen molar-refractivity contribution in [2.75, 3.05) is 26.7 Å². The topological polar surface area (TPSA) is 38.5 Å². The molecule has 0 aromatic heterocycles. The predicted octanol–water partition coefficient (Wildman–Crippen LogP) is 2.10. The second kappa shape index (κ2) is 5.52. The Morgan fingerprint density at radius 1 is 1.35 bits per heavy atom. The highest BCUT2D eigenvalue weighted by molar-refractivity contribution is 5.37. The fourth-order valence-corrected chi connectivity index (χ4v) is 2.48. The van der Waals surface area contributed by atoms with Gasteiger partial charge in [-0.1, -0.05) is 12.1 Å². The highest BCUT2D eigenvalue weighted by Gasteiger charge is 2.16. The third-order valence-corrected chi connectivity index (χ3v) is 3.50. The zero-order valence-electron chi connectivity index (χ0n) is 10.8. The lowest BCUT2D eigenvalue weighted by atomic mass is 10.0. The lowest BCUT2D eigenvalue weighted by Gasteiger charge is -2.21. The number of nitrogens with zero attached hydrogens (tertiary/aromatic N) is 1. The molecule has 1 aromatic carbocycles. The van der Waals surface area contributed by atoms with Crippen LogP contribution in [0.25, 0.3) is 0 Å². The van der Waals surface area contributed by atoms with Gasteiger partial charge in [-0.15, -0.1) is 0 Å². The van der Waals surface area contributed by atoms with Gasteiger partial charge in [0.1, 0.15) is 5.75 Å². The summed E-state index contributed by atoms with van der Waals surface area (Å²) < 4.78 is 5.26. The van der Waals surface area contributed by atoms with E-state index in [1.54, 1.807) is 7.11 Å². The fraction of sp³-hybridized carbons (Fsp3) is 0.571. The van der Waals surface area contributed by atoms with E-state index in [2.05, 4.69) is 24.0 Å². The molecule has 2 rings (SSSR count). The molecule has 0 bridgehead atoms. The van der Waals surface area contributed by atoms with Crippen molar-refractivity contribution in [3.05, 3.63) is 29.3 Å². The van der Waals surface area contributed by atoms with Crippen LogP contribution in [-0.2, 0) is 0 Å². The lowest BCUT2D eigenvalue weighted by molar-refractivity contribution is 0.316. The Morgan fingerprint density at radius 2 is 2.06 bits per heavy atom. The van der Waals surface area contributed by atoms with Crippen molar-refractivity contribution < 1.29 is 4.74 Å². The number of nitrogens with two attached hydrogens (primary N) is 1. The van der Waals surface area contributed by atoms with Gasteiger partial charge >= 0.3 is 0 Å². The van der Waals surface area contributed by atoms with Crippen LogP contribution in [0, 0.1) is 6.92 Å². The molecule has 1 aliphatic heterocycles. The molecule has 1 atom stereocenters. The second-order valence-electron chi connectivity index (χ2n) is 4.84. The minimum Gasteiger partial charge on any atom is -0.496 e. The molecule has 1 fully saturated rings. The molecule has 0 spiro atoms. The normalized spacial score (nSPS) is 18.3. The number of hydrogen-bond acceptors (Lipinski definition) is 3. The van der Waals surface area contributed by atoms with E-state index in [4.69, 9.17) is 10.5 Å². The molecular weight excluding hydrogens is 212 g/mol. The van der Waals surface area contributed by atoms with E-state index in [0.29, 0.717) is 0 Å². The van der Waals surface area contributed by atoms with Crippen molar-refractivity contribution in [2.45, 2.75) is 25.8 Å². The monoisotopic (exact) mass is 234 g/mol. The van der Waals surface area contributed by atoms with E-state index in [1.165, 1.54) is 31.5 Å². The average Bonchev–Trinajstić information content (AvgIpc) is 2.81. The zero-order chi connectivity index (χ0) is 12.3. The molecule has 3 heteroatoms. The number of hydrogen-bond donors (Lipinski definition) is 1. The van der Waals surface area contributed by atoms with Crippen molar-refractivity contribution in [2.24, 2.45) is 5.73 Å². The van der Waals surface area contributed by atoms with Gasteiger partial charge in [0.2, 0.25) is 0 Å². The summed E-state index contributed by atoms with van der Waals surface area (Å²) in [5.41, 5.74) is 8.61. The Labute approximate surface area is 104 Å². The first-order valence-corrected chi connectivity index (χ1v) is 6.33. The molecule has 0 aliphatic carbocycles. The van der Waals surface area contributed by atoms with Crippen molar-refractivity contribution in [1.29, 1.82) is 0 Å². The van der Waals surface area contributed by atoms with E-state index in [1.807, 2.05) is 6.07 Å². The van der Waals surface area contributed by atoms with Crippen molar-refractivity contribution in [3.63, 3.8) is 0 Å². The van der Waals surface area contributed by atoms with E-state index in [-0.39, 0.29) is 6.04 Å². The molecule has 2 N–H and O–H groups in total. The molecule has 1 saturated heterocycles. The van der Waals surface area contributed by atoms with Gasteiger partial charge in [0.25, 0.3) is 0 Å².